The average Bonchev–Trinajstić information content (AvgIpc) is 3.23. The summed E-state index contributed by atoms with van der Waals surface area (Å²) in [7, 11) is 0. The summed E-state index contributed by atoms with van der Waals surface area (Å²) in [4.78, 5) is 21.2. The summed E-state index contributed by atoms with van der Waals surface area (Å²) < 4.78 is 0. The van der Waals surface area contributed by atoms with Gasteiger partial charge in [0.1, 0.15) is 0 Å². The Morgan fingerprint density at radius 2 is 1.81 bits per heavy atom. The lowest BCUT2D eigenvalue weighted by Gasteiger charge is -2.18. The van der Waals surface area contributed by atoms with Crippen molar-refractivity contribution in [2.75, 3.05) is 39.3 Å². The number of benzene rings is 1. The quantitative estimate of drug-likeness (QED) is 0.515. The SMILES string of the molecule is CCNC(=NCc1cccc(CN(CC)CC)c1)NCC(=O)N1CCCC1. The number of guanidine groups is 1. The van der Waals surface area contributed by atoms with Gasteiger partial charge in [0.2, 0.25) is 5.91 Å². The summed E-state index contributed by atoms with van der Waals surface area (Å²) in [6.45, 7) is 12.9. The Hall–Kier alpha value is -2.08. The molecule has 6 heteroatoms. The zero-order valence-electron chi connectivity index (χ0n) is 17.1. The molecule has 27 heavy (non-hydrogen) atoms. The Morgan fingerprint density at radius 1 is 1.11 bits per heavy atom. The van der Waals surface area contributed by atoms with Crippen LogP contribution in [-0.2, 0) is 17.9 Å². The van der Waals surface area contributed by atoms with Crippen LogP contribution in [0, 0.1) is 0 Å². The molecule has 2 rings (SSSR count). The number of hydrogen-bond donors (Lipinski definition) is 2. The highest BCUT2D eigenvalue weighted by Gasteiger charge is 2.17. The van der Waals surface area contributed by atoms with Crippen LogP contribution in [0.15, 0.2) is 29.3 Å². The summed E-state index contributed by atoms with van der Waals surface area (Å²) >= 11 is 0. The molecule has 1 aromatic carbocycles. The molecule has 150 valence electrons. The molecule has 0 bridgehead atoms. The number of nitrogens with zero attached hydrogens (tertiary/aromatic N) is 3. The van der Waals surface area contributed by atoms with Crippen LogP contribution >= 0.6 is 0 Å². The standard InChI is InChI=1S/C21H35N5O/c1-4-22-21(24-16-20(27)26-12-7-8-13-26)23-15-18-10-9-11-19(14-18)17-25(5-2)6-3/h9-11,14H,4-8,12-13,15-17H2,1-3H3,(H2,22,23,24). The van der Waals surface area contributed by atoms with E-state index in [2.05, 4.69) is 58.6 Å². The minimum atomic E-state index is 0.152. The molecule has 1 amide bonds. The number of carbonyl (C=O) groups is 1. The van der Waals surface area contributed by atoms with Crippen molar-refractivity contribution in [3.8, 4) is 0 Å². The van der Waals surface area contributed by atoms with Gasteiger partial charge in [-0.2, -0.15) is 0 Å². The van der Waals surface area contributed by atoms with Gasteiger partial charge in [0.05, 0.1) is 13.1 Å². The van der Waals surface area contributed by atoms with Crippen molar-refractivity contribution in [1.29, 1.82) is 0 Å². The lowest BCUT2D eigenvalue weighted by Crippen LogP contribution is -2.44. The first-order chi connectivity index (χ1) is 13.2. The van der Waals surface area contributed by atoms with Gasteiger partial charge in [-0.3, -0.25) is 9.69 Å². The van der Waals surface area contributed by atoms with E-state index in [9.17, 15) is 4.79 Å². The first kappa shape index (κ1) is 21.2. The maximum Gasteiger partial charge on any atom is 0.241 e. The van der Waals surface area contributed by atoms with Gasteiger partial charge in [0, 0.05) is 26.2 Å². The number of amides is 1. The average molecular weight is 374 g/mol. The lowest BCUT2D eigenvalue weighted by atomic mass is 10.1. The van der Waals surface area contributed by atoms with E-state index in [1.807, 2.05) is 11.8 Å². The third-order valence-electron chi connectivity index (χ3n) is 4.92. The molecule has 0 atom stereocenters. The third-order valence-corrected chi connectivity index (χ3v) is 4.92. The molecule has 2 N–H and O–H groups in total. The van der Waals surface area contributed by atoms with Crippen LogP contribution < -0.4 is 10.6 Å². The predicted molar refractivity (Wildman–Crippen MR) is 112 cm³/mol. The van der Waals surface area contributed by atoms with Gasteiger partial charge in [-0.15, -0.1) is 0 Å². The van der Waals surface area contributed by atoms with Gasteiger partial charge in [0.15, 0.2) is 5.96 Å². The Morgan fingerprint density at radius 3 is 2.48 bits per heavy atom. The topological polar surface area (TPSA) is 60.0 Å². The highest BCUT2D eigenvalue weighted by Crippen LogP contribution is 2.10. The maximum absolute atomic E-state index is 12.2. The molecule has 1 fully saturated rings. The second kappa shape index (κ2) is 11.6. The zero-order valence-corrected chi connectivity index (χ0v) is 17.1. The second-order valence-corrected chi connectivity index (χ2v) is 6.92. The van der Waals surface area contributed by atoms with Gasteiger partial charge in [-0.25, -0.2) is 4.99 Å². The number of carbonyl (C=O) groups excluding carboxylic acids is 1. The number of rotatable bonds is 9. The molecular formula is C21H35N5O. The number of hydrogen-bond acceptors (Lipinski definition) is 3. The Bertz CT molecular complexity index is 606. The van der Waals surface area contributed by atoms with Crippen LogP contribution in [0.5, 0.6) is 0 Å². The van der Waals surface area contributed by atoms with Crippen molar-refractivity contribution in [3.63, 3.8) is 0 Å². The molecule has 0 radical (unpaired) electrons. The largest absolute Gasteiger partial charge is 0.357 e. The van der Waals surface area contributed by atoms with E-state index in [1.165, 1.54) is 11.1 Å². The van der Waals surface area contributed by atoms with E-state index in [-0.39, 0.29) is 5.91 Å². The third kappa shape index (κ3) is 7.21. The summed E-state index contributed by atoms with van der Waals surface area (Å²) in [6, 6.07) is 8.60. The highest BCUT2D eigenvalue weighted by molar-refractivity contribution is 5.86. The highest BCUT2D eigenvalue weighted by atomic mass is 16.2. The fraction of sp³-hybridized carbons (Fsp3) is 0.619. The number of nitrogens with one attached hydrogen (secondary N) is 2. The number of likely N-dealkylation sites (tertiary alicyclic amines) is 1. The summed E-state index contributed by atoms with van der Waals surface area (Å²) in [5.74, 6) is 0.846. The van der Waals surface area contributed by atoms with E-state index in [1.54, 1.807) is 0 Å². The minimum Gasteiger partial charge on any atom is -0.357 e. The number of aliphatic imine (C=N–C) groups is 1. The molecule has 1 aliphatic rings. The first-order valence-corrected chi connectivity index (χ1v) is 10.3. The second-order valence-electron chi connectivity index (χ2n) is 6.92. The Labute approximate surface area is 164 Å². The molecule has 0 aliphatic carbocycles. The molecule has 0 saturated carbocycles. The van der Waals surface area contributed by atoms with Gasteiger partial charge < -0.3 is 15.5 Å². The van der Waals surface area contributed by atoms with Crippen molar-refractivity contribution in [3.05, 3.63) is 35.4 Å². The van der Waals surface area contributed by atoms with Crippen molar-refractivity contribution in [1.82, 2.24) is 20.4 Å². The molecule has 1 aliphatic heterocycles. The molecular weight excluding hydrogens is 338 g/mol. The van der Waals surface area contributed by atoms with E-state index >= 15 is 0 Å². The van der Waals surface area contributed by atoms with E-state index in [4.69, 9.17) is 0 Å². The van der Waals surface area contributed by atoms with Crippen LogP contribution in [-0.4, -0.2) is 60.9 Å². The smallest absolute Gasteiger partial charge is 0.241 e. The molecule has 6 nitrogen and oxygen atoms in total. The van der Waals surface area contributed by atoms with Crippen LogP contribution in [0.25, 0.3) is 0 Å². The van der Waals surface area contributed by atoms with Gasteiger partial charge in [0.25, 0.3) is 0 Å². The molecule has 1 aromatic rings. The normalized spacial score (nSPS) is 14.7. The van der Waals surface area contributed by atoms with Crippen molar-refractivity contribution >= 4 is 11.9 Å². The fourth-order valence-electron chi connectivity index (χ4n) is 3.28. The Kier molecular flexibility index (Phi) is 9.11. The van der Waals surface area contributed by atoms with Crippen molar-refractivity contribution in [2.24, 2.45) is 4.99 Å². The zero-order chi connectivity index (χ0) is 19.5. The van der Waals surface area contributed by atoms with Crippen LogP contribution in [0.1, 0.15) is 44.7 Å². The molecule has 1 heterocycles. The maximum atomic E-state index is 12.2. The molecule has 1 saturated heterocycles. The monoisotopic (exact) mass is 373 g/mol. The lowest BCUT2D eigenvalue weighted by molar-refractivity contribution is -0.128. The molecule has 0 unspecified atom stereocenters. The molecule has 0 spiro atoms. The van der Waals surface area contributed by atoms with Gasteiger partial charge in [-0.05, 0) is 44.0 Å². The Balaban J connectivity index is 1.92. The van der Waals surface area contributed by atoms with E-state index in [0.717, 1.165) is 52.1 Å². The predicted octanol–water partition coefficient (Wildman–Crippen LogP) is 2.21. The first-order valence-electron chi connectivity index (χ1n) is 10.3. The minimum absolute atomic E-state index is 0.152. The van der Waals surface area contributed by atoms with Crippen LogP contribution in [0.3, 0.4) is 0 Å². The summed E-state index contributed by atoms with van der Waals surface area (Å²) in [5, 5.41) is 6.40. The van der Waals surface area contributed by atoms with Gasteiger partial charge >= 0.3 is 0 Å². The van der Waals surface area contributed by atoms with Gasteiger partial charge in [-0.1, -0.05) is 38.1 Å². The van der Waals surface area contributed by atoms with E-state index in [0.29, 0.717) is 19.0 Å². The van der Waals surface area contributed by atoms with Crippen LogP contribution in [0.4, 0.5) is 0 Å². The summed E-state index contributed by atoms with van der Waals surface area (Å²) in [5.41, 5.74) is 2.50. The fourth-order valence-corrected chi connectivity index (χ4v) is 3.28. The van der Waals surface area contributed by atoms with Crippen LogP contribution in [0.2, 0.25) is 0 Å². The van der Waals surface area contributed by atoms with E-state index < -0.39 is 0 Å². The molecule has 0 aromatic heterocycles. The summed E-state index contributed by atoms with van der Waals surface area (Å²) in [6.07, 6.45) is 2.23. The van der Waals surface area contributed by atoms with Crippen molar-refractivity contribution in [2.45, 2.75) is 46.7 Å². The van der Waals surface area contributed by atoms with Crippen molar-refractivity contribution < 1.29 is 4.79 Å².